The number of hydrogen-bond acceptors (Lipinski definition) is 2. The van der Waals surface area contributed by atoms with Crippen molar-refractivity contribution in [3.63, 3.8) is 0 Å². The number of ether oxygens (including phenoxy) is 2. The van der Waals surface area contributed by atoms with Gasteiger partial charge in [0.05, 0.1) is 6.61 Å². The van der Waals surface area contributed by atoms with Crippen molar-refractivity contribution in [3.05, 3.63) is 65.7 Å². The van der Waals surface area contributed by atoms with Crippen molar-refractivity contribution in [2.75, 3.05) is 6.61 Å². The van der Waals surface area contributed by atoms with Gasteiger partial charge in [-0.2, -0.15) is 0 Å². The van der Waals surface area contributed by atoms with Gasteiger partial charge in [0.1, 0.15) is 5.75 Å². The summed E-state index contributed by atoms with van der Waals surface area (Å²) in [6.07, 6.45) is 9.76. The first-order chi connectivity index (χ1) is 13.7. The third kappa shape index (κ3) is 6.67. The van der Waals surface area contributed by atoms with E-state index in [1.807, 2.05) is 0 Å². The average molecular weight is 381 g/mol. The van der Waals surface area contributed by atoms with E-state index in [-0.39, 0.29) is 6.29 Å². The lowest BCUT2D eigenvalue weighted by Gasteiger charge is -2.24. The van der Waals surface area contributed by atoms with Crippen molar-refractivity contribution >= 4 is 0 Å². The highest BCUT2D eigenvalue weighted by atomic mass is 16.7. The lowest BCUT2D eigenvalue weighted by atomic mass is 9.87. The number of benzene rings is 2. The van der Waals surface area contributed by atoms with Crippen LogP contribution in [0.1, 0.15) is 75.8 Å². The third-order valence-electron chi connectivity index (χ3n) is 6.13. The molecule has 0 aliphatic heterocycles. The minimum absolute atomic E-state index is 0.236. The SMILES string of the molecule is CCC(C)c1ccc(OC(Cc2ccccc2)OCCC2CCCCC2)cc1. The van der Waals surface area contributed by atoms with Crippen LogP contribution in [0, 0.1) is 5.92 Å². The van der Waals surface area contributed by atoms with Gasteiger partial charge < -0.3 is 9.47 Å². The van der Waals surface area contributed by atoms with Crippen LogP contribution in [0.2, 0.25) is 0 Å². The molecule has 1 fully saturated rings. The highest BCUT2D eigenvalue weighted by molar-refractivity contribution is 5.29. The summed E-state index contributed by atoms with van der Waals surface area (Å²) in [6.45, 7) is 5.28. The molecule has 1 aliphatic rings. The molecule has 2 heteroatoms. The van der Waals surface area contributed by atoms with Crippen LogP contribution < -0.4 is 4.74 Å². The van der Waals surface area contributed by atoms with Gasteiger partial charge in [0.25, 0.3) is 0 Å². The first-order valence-electron chi connectivity index (χ1n) is 11.2. The largest absolute Gasteiger partial charge is 0.465 e. The Hall–Kier alpha value is -1.80. The van der Waals surface area contributed by atoms with Gasteiger partial charge in [-0.3, -0.25) is 0 Å². The summed E-state index contributed by atoms with van der Waals surface area (Å²) in [5.41, 5.74) is 2.62. The van der Waals surface area contributed by atoms with Crippen LogP contribution in [0.3, 0.4) is 0 Å². The Labute approximate surface area is 171 Å². The zero-order valence-electron chi connectivity index (χ0n) is 17.6. The maximum absolute atomic E-state index is 6.25. The second kappa shape index (κ2) is 11.3. The van der Waals surface area contributed by atoms with Crippen LogP contribution >= 0.6 is 0 Å². The van der Waals surface area contributed by atoms with Crippen molar-refractivity contribution in [1.29, 1.82) is 0 Å². The molecule has 0 N–H and O–H groups in total. The standard InChI is InChI=1S/C26H36O2/c1-3-21(2)24-14-16-25(17-15-24)28-26(20-23-12-8-5-9-13-23)27-19-18-22-10-6-4-7-11-22/h5,8-9,12-17,21-22,26H,3-4,6-7,10-11,18-20H2,1-2H3. The fourth-order valence-electron chi connectivity index (χ4n) is 4.05. The van der Waals surface area contributed by atoms with Crippen molar-refractivity contribution in [3.8, 4) is 5.75 Å². The van der Waals surface area contributed by atoms with Gasteiger partial charge in [0.15, 0.2) is 0 Å². The van der Waals surface area contributed by atoms with Crippen molar-refractivity contribution in [1.82, 2.24) is 0 Å². The Morgan fingerprint density at radius 2 is 1.64 bits per heavy atom. The van der Waals surface area contributed by atoms with Crippen LogP contribution in [0.15, 0.2) is 54.6 Å². The van der Waals surface area contributed by atoms with Crippen molar-refractivity contribution < 1.29 is 9.47 Å². The van der Waals surface area contributed by atoms with Crippen LogP contribution in [0.5, 0.6) is 5.75 Å². The van der Waals surface area contributed by atoms with Crippen molar-refractivity contribution in [2.24, 2.45) is 5.92 Å². The average Bonchev–Trinajstić information content (AvgIpc) is 2.75. The smallest absolute Gasteiger partial charge is 0.203 e. The highest BCUT2D eigenvalue weighted by Gasteiger charge is 2.16. The molecule has 3 rings (SSSR count). The lowest BCUT2D eigenvalue weighted by Crippen LogP contribution is -2.25. The van der Waals surface area contributed by atoms with E-state index in [0.717, 1.165) is 37.5 Å². The molecule has 28 heavy (non-hydrogen) atoms. The summed E-state index contributed by atoms with van der Waals surface area (Å²) in [6, 6.07) is 19.0. The molecular weight excluding hydrogens is 344 g/mol. The molecule has 2 nitrogen and oxygen atoms in total. The maximum Gasteiger partial charge on any atom is 0.203 e. The van der Waals surface area contributed by atoms with Crippen molar-refractivity contribution in [2.45, 2.75) is 77.4 Å². The molecule has 1 aliphatic carbocycles. The van der Waals surface area contributed by atoms with Gasteiger partial charge in [-0.15, -0.1) is 0 Å². The second-order valence-electron chi connectivity index (χ2n) is 8.28. The van der Waals surface area contributed by atoms with Gasteiger partial charge in [0.2, 0.25) is 6.29 Å². The summed E-state index contributed by atoms with van der Waals surface area (Å²) < 4.78 is 12.5. The predicted molar refractivity (Wildman–Crippen MR) is 117 cm³/mol. The predicted octanol–water partition coefficient (Wildman–Crippen LogP) is 7.13. The third-order valence-corrected chi connectivity index (χ3v) is 6.13. The summed E-state index contributed by atoms with van der Waals surface area (Å²) in [5.74, 6) is 2.31. The Bertz CT molecular complexity index is 659. The van der Waals surface area contributed by atoms with E-state index in [1.165, 1.54) is 43.2 Å². The normalized spacial score (nSPS) is 17.2. The maximum atomic E-state index is 6.25. The molecule has 0 heterocycles. The van der Waals surface area contributed by atoms with Gasteiger partial charge in [-0.05, 0) is 47.9 Å². The number of rotatable bonds is 10. The van der Waals surface area contributed by atoms with Crippen LogP contribution in [-0.4, -0.2) is 12.9 Å². The minimum Gasteiger partial charge on any atom is -0.465 e. The van der Waals surface area contributed by atoms with E-state index in [0.29, 0.717) is 5.92 Å². The molecule has 0 bridgehead atoms. The van der Waals surface area contributed by atoms with Crippen LogP contribution in [0.25, 0.3) is 0 Å². The fourth-order valence-corrected chi connectivity index (χ4v) is 4.05. The van der Waals surface area contributed by atoms with E-state index in [1.54, 1.807) is 0 Å². The van der Waals surface area contributed by atoms with Crippen LogP contribution in [0.4, 0.5) is 0 Å². The molecule has 2 atom stereocenters. The highest BCUT2D eigenvalue weighted by Crippen LogP contribution is 2.27. The molecule has 2 aromatic rings. The van der Waals surface area contributed by atoms with E-state index in [4.69, 9.17) is 9.47 Å². The fraction of sp³-hybridized carbons (Fsp3) is 0.538. The first kappa shape index (κ1) is 20.9. The zero-order chi connectivity index (χ0) is 19.6. The monoisotopic (exact) mass is 380 g/mol. The van der Waals surface area contributed by atoms with Gasteiger partial charge in [-0.1, -0.05) is 88.4 Å². The van der Waals surface area contributed by atoms with E-state index < -0.39 is 0 Å². The van der Waals surface area contributed by atoms with Gasteiger partial charge >= 0.3 is 0 Å². The molecule has 152 valence electrons. The molecule has 0 aromatic heterocycles. The molecule has 0 radical (unpaired) electrons. The molecule has 0 spiro atoms. The quantitative estimate of drug-likeness (QED) is 0.408. The Morgan fingerprint density at radius 3 is 2.32 bits per heavy atom. The Kier molecular flexibility index (Phi) is 8.42. The summed E-state index contributed by atoms with van der Waals surface area (Å²) in [4.78, 5) is 0. The molecule has 0 saturated heterocycles. The Morgan fingerprint density at radius 1 is 0.929 bits per heavy atom. The van der Waals surface area contributed by atoms with Gasteiger partial charge in [0, 0.05) is 6.42 Å². The first-order valence-corrected chi connectivity index (χ1v) is 11.2. The van der Waals surface area contributed by atoms with Crippen LogP contribution in [-0.2, 0) is 11.2 Å². The Balaban J connectivity index is 1.58. The minimum atomic E-state index is -0.236. The van der Waals surface area contributed by atoms with Gasteiger partial charge in [-0.25, -0.2) is 0 Å². The molecular formula is C26H36O2. The molecule has 2 aromatic carbocycles. The molecule has 0 amide bonds. The summed E-state index contributed by atoms with van der Waals surface area (Å²) >= 11 is 0. The van der Waals surface area contributed by atoms with E-state index in [9.17, 15) is 0 Å². The summed E-state index contributed by atoms with van der Waals surface area (Å²) in [5, 5.41) is 0. The zero-order valence-corrected chi connectivity index (χ0v) is 17.6. The lowest BCUT2D eigenvalue weighted by molar-refractivity contribution is -0.0831. The number of hydrogen-bond donors (Lipinski definition) is 0. The summed E-state index contributed by atoms with van der Waals surface area (Å²) in [7, 11) is 0. The molecule has 2 unspecified atom stereocenters. The molecule has 1 saturated carbocycles. The van der Waals surface area contributed by atoms with E-state index >= 15 is 0 Å². The van der Waals surface area contributed by atoms with E-state index in [2.05, 4.69) is 68.4 Å². The second-order valence-corrected chi connectivity index (χ2v) is 8.28. The topological polar surface area (TPSA) is 18.5 Å².